The van der Waals surface area contributed by atoms with Gasteiger partial charge in [-0.3, -0.25) is 9.78 Å². The van der Waals surface area contributed by atoms with E-state index in [1.807, 2.05) is 12.1 Å². The molecule has 0 spiro atoms. The van der Waals surface area contributed by atoms with Crippen molar-refractivity contribution < 1.29 is 4.79 Å². The lowest BCUT2D eigenvalue weighted by Crippen LogP contribution is -2.27. The molecule has 0 aliphatic heterocycles. The van der Waals surface area contributed by atoms with Crippen molar-refractivity contribution in [1.29, 1.82) is 0 Å². The minimum atomic E-state index is 0.279. The Hall–Kier alpha value is -1.18. The molecule has 2 nitrogen and oxygen atoms in total. The van der Waals surface area contributed by atoms with Gasteiger partial charge >= 0.3 is 0 Å². The van der Waals surface area contributed by atoms with Crippen LogP contribution in [0, 0.1) is 17.8 Å². The number of Topliss-reactive ketones (excluding diaryl/α,β-unsaturated/α-hetero) is 1. The SMILES string of the molecule is CC1CCC(C(=O)Cc2cccnc2)CC1C. The first kappa shape index (κ1) is 12.3. The number of hydrogen-bond acceptors (Lipinski definition) is 2. The van der Waals surface area contributed by atoms with E-state index in [-0.39, 0.29) is 5.92 Å². The molecule has 1 aromatic heterocycles. The lowest BCUT2D eigenvalue weighted by atomic mass is 9.74. The van der Waals surface area contributed by atoms with Crippen molar-refractivity contribution >= 4 is 5.78 Å². The fourth-order valence-corrected chi connectivity index (χ4v) is 2.69. The van der Waals surface area contributed by atoms with E-state index in [0.717, 1.165) is 24.3 Å². The molecule has 3 atom stereocenters. The summed E-state index contributed by atoms with van der Waals surface area (Å²) in [5.74, 6) is 2.14. The average Bonchev–Trinajstić information content (AvgIpc) is 2.34. The number of aromatic nitrogens is 1. The first-order chi connectivity index (χ1) is 8.16. The summed E-state index contributed by atoms with van der Waals surface area (Å²) < 4.78 is 0. The molecule has 0 amide bonds. The molecule has 2 rings (SSSR count). The summed E-state index contributed by atoms with van der Waals surface area (Å²) in [6.07, 6.45) is 7.44. The zero-order chi connectivity index (χ0) is 12.3. The highest BCUT2D eigenvalue weighted by Crippen LogP contribution is 2.34. The van der Waals surface area contributed by atoms with Crippen LogP contribution >= 0.6 is 0 Å². The maximum atomic E-state index is 12.2. The standard InChI is InChI=1S/C15H21NO/c1-11-5-6-14(8-12(11)2)15(17)9-13-4-3-7-16-10-13/h3-4,7,10-12,14H,5-6,8-9H2,1-2H3. The summed E-state index contributed by atoms with van der Waals surface area (Å²) in [4.78, 5) is 16.2. The number of carbonyl (C=O) groups is 1. The number of hydrogen-bond donors (Lipinski definition) is 0. The normalized spacial score (nSPS) is 28.9. The van der Waals surface area contributed by atoms with E-state index in [4.69, 9.17) is 0 Å². The molecule has 0 aromatic carbocycles. The molecule has 1 aliphatic rings. The van der Waals surface area contributed by atoms with Crippen molar-refractivity contribution in [2.75, 3.05) is 0 Å². The average molecular weight is 231 g/mol. The van der Waals surface area contributed by atoms with E-state index >= 15 is 0 Å². The Morgan fingerprint density at radius 3 is 2.82 bits per heavy atom. The Balaban J connectivity index is 1.93. The molecule has 0 bridgehead atoms. The molecule has 1 heterocycles. The molecule has 0 N–H and O–H groups in total. The van der Waals surface area contributed by atoms with Crippen molar-refractivity contribution in [3.63, 3.8) is 0 Å². The second-order valence-corrected chi connectivity index (χ2v) is 5.47. The van der Waals surface area contributed by atoms with E-state index in [2.05, 4.69) is 18.8 Å². The number of ketones is 1. The van der Waals surface area contributed by atoms with Crippen molar-refractivity contribution in [2.45, 2.75) is 39.5 Å². The highest BCUT2D eigenvalue weighted by atomic mass is 16.1. The molecular formula is C15H21NO. The number of nitrogens with zero attached hydrogens (tertiary/aromatic N) is 1. The summed E-state index contributed by atoms with van der Waals surface area (Å²) in [6.45, 7) is 4.57. The van der Waals surface area contributed by atoms with Gasteiger partial charge in [0.05, 0.1) is 0 Å². The molecular weight excluding hydrogens is 210 g/mol. The summed E-state index contributed by atoms with van der Waals surface area (Å²) in [5.41, 5.74) is 1.05. The van der Waals surface area contributed by atoms with Crippen molar-refractivity contribution in [1.82, 2.24) is 4.98 Å². The number of carbonyl (C=O) groups excluding carboxylic acids is 1. The molecule has 1 saturated carbocycles. The predicted octanol–water partition coefficient (Wildman–Crippen LogP) is 3.27. The van der Waals surface area contributed by atoms with E-state index in [1.54, 1.807) is 12.4 Å². The van der Waals surface area contributed by atoms with Crippen LogP contribution < -0.4 is 0 Å². The Bertz CT molecular complexity index is 374. The zero-order valence-electron chi connectivity index (χ0n) is 10.7. The quantitative estimate of drug-likeness (QED) is 0.799. The maximum absolute atomic E-state index is 12.2. The van der Waals surface area contributed by atoms with Crippen LogP contribution in [-0.2, 0) is 11.2 Å². The van der Waals surface area contributed by atoms with Gasteiger partial charge in [-0.2, -0.15) is 0 Å². The van der Waals surface area contributed by atoms with Crippen LogP contribution in [0.25, 0.3) is 0 Å². The molecule has 2 heteroatoms. The predicted molar refractivity (Wildman–Crippen MR) is 68.6 cm³/mol. The Labute approximate surface area is 103 Å². The van der Waals surface area contributed by atoms with Gasteiger partial charge in [-0.05, 0) is 42.7 Å². The molecule has 1 aliphatic carbocycles. The van der Waals surface area contributed by atoms with Crippen LogP contribution in [0.3, 0.4) is 0 Å². The molecule has 1 aromatic rings. The van der Waals surface area contributed by atoms with Gasteiger partial charge in [0.1, 0.15) is 5.78 Å². The Morgan fingerprint density at radius 2 is 2.18 bits per heavy atom. The fraction of sp³-hybridized carbons (Fsp3) is 0.600. The summed E-state index contributed by atoms with van der Waals surface area (Å²) >= 11 is 0. The first-order valence-electron chi connectivity index (χ1n) is 6.58. The second-order valence-electron chi connectivity index (χ2n) is 5.47. The van der Waals surface area contributed by atoms with Gasteiger partial charge in [-0.1, -0.05) is 19.9 Å². The van der Waals surface area contributed by atoms with E-state index < -0.39 is 0 Å². The molecule has 1 fully saturated rings. The monoisotopic (exact) mass is 231 g/mol. The third-order valence-corrected chi connectivity index (χ3v) is 4.15. The molecule has 0 radical (unpaired) electrons. The fourth-order valence-electron chi connectivity index (χ4n) is 2.69. The second kappa shape index (κ2) is 5.44. The lowest BCUT2D eigenvalue weighted by molar-refractivity contribution is -0.123. The highest BCUT2D eigenvalue weighted by molar-refractivity contribution is 5.83. The summed E-state index contributed by atoms with van der Waals surface area (Å²) in [7, 11) is 0. The van der Waals surface area contributed by atoms with Crippen LogP contribution in [-0.4, -0.2) is 10.8 Å². The lowest BCUT2D eigenvalue weighted by Gasteiger charge is -2.31. The molecule has 92 valence electrons. The minimum absolute atomic E-state index is 0.279. The largest absolute Gasteiger partial charge is 0.299 e. The van der Waals surface area contributed by atoms with Gasteiger partial charge in [-0.15, -0.1) is 0 Å². The van der Waals surface area contributed by atoms with Crippen LogP contribution in [0.2, 0.25) is 0 Å². The van der Waals surface area contributed by atoms with Crippen LogP contribution in [0.5, 0.6) is 0 Å². The van der Waals surface area contributed by atoms with Crippen LogP contribution in [0.4, 0.5) is 0 Å². The van der Waals surface area contributed by atoms with Gasteiger partial charge in [0.2, 0.25) is 0 Å². The van der Waals surface area contributed by atoms with E-state index in [9.17, 15) is 4.79 Å². The Morgan fingerprint density at radius 1 is 1.35 bits per heavy atom. The maximum Gasteiger partial charge on any atom is 0.140 e. The zero-order valence-corrected chi connectivity index (χ0v) is 10.7. The van der Waals surface area contributed by atoms with Crippen LogP contribution in [0.1, 0.15) is 38.7 Å². The molecule has 3 unspecified atom stereocenters. The summed E-state index contributed by atoms with van der Waals surface area (Å²) in [5, 5.41) is 0. The van der Waals surface area contributed by atoms with Gasteiger partial charge in [-0.25, -0.2) is 0 Å². The highest BCUT2D eigenvalue weighted by Gasteiger charge is 2.28. The number of rotatable bonds is 3. The Kier molecular flexibility index (Phi) is 3.93. The smallest absolute Gasteiger partial charge is 0.140 e. The van der Waals surface area contributed by atoms with Crippen molar-refractivity contribution in [3.8, 4) is 0 Å². The van der Waals surface area contributed by atoms with Crippen molar-refractivity contribution in [3.05, 3.63) is 30.1 Å². The van der Waals surface area contributed by atoms with Gasteiger partial charge in [0.25, 0.3) is 0 Å². The molecule has 17 heavy (non-hydrogen) atoms. The topological polar surface area (TPSA) is 30.0 Å². The van der Waals surface area contributed by atoms with Gasteiger partial charge in [0.15, 0.2) is 0 Å². The van der Waals surface area contributed by atoms with Gasteiger partial charge < -0.3 is 0 Å². The van der Waals surface area contributed by atoms with E-state index in [0.29, 0.717) is 18.1 Å². The number of pyridine rings is 1. The summed E-state index contributed by atoms with van der Waals surface area (Å²) in [6, 6.07) is 3.88. The third-order valence-electron chi connectivity index (χ3n) is 4.15. The molecule has 0 saturated heterocycles. The van der Waals surface area contributed by atoms with E-state index in [1.165, 1.54) is 6.42 Å². The van der Waals surface area contributed by atoms with Crippen molar-refractivity contribution in [2.24, 2.45) is 17.8 Å². The van der Waals surface area contributed by atoms with Gasteiger partial charge in [0, 0.05) is 24.7 Å². The first-order valence-corrected chi connectivity index (χ1v) is 6.58. The minimum Gasteiger partial charge on any atom is -0.299 e. The van der Waals surface area contributed by atoms with Crippen LogP contribution in [0.15, 0.2) is 24.5 Å². The third kappa shape index (κ3) is 3.15.